The molecule has 6 nitrogen and oxygen atoms in total. The lowest BCUT2D eigenvalue weighted by molar-refractivity contribution is -0.139. The molecule has 2 aromatic rings. The maximum atomic E-state index is 13.8. The minimum Gasteiger partial charge on any atom is -0.343 e. The zero-order valence-corrected chi connectivity index (χ0v) is 19.6. The maximum Gasteiger partial charge on any atom is 0.246 e. The third kappa shape index (κ3) is 4.62. The van der Waals surface area contributed by atoms with E-state index in [1.165, 1.54) is 16.7 Å². The van der Waals surface area contributed by atoms with Crippen molar-refractivity contribution >= 4 is 33.4 Å². The molecule has 7 heteroatoms. The first kappa shape index (κ1) is 22.2. The number of hydrogen-bond acceptors (Lipinski definition) is 5. The molecule has 1 saturated carbocycles. The number of fused-ring (bicyclic) bond motifs is 1. The Morgan fingerprint density at radius 1 is 1.16 bits per heavy atom. The highest BCUT2D eigenvalue weighted by atomic mass is 32.1. The van der Waals surface area contributed by atoms with Crippen molar-refractivity contribution in [2.75, 3.05) is 13.6 Å². The fourth-order valence-corrected chi connectivity index (χ4v) is 6.16. The number of rotatable bonds is 6. The number of aromatic nitrogens is 1. The van der Waals surface area contributed by atoms with Crippen LogP contribution in [0.15, 0.2) is 18.2 Å². The average molecular weight is 443 g/mol. The molecule has 1 saturated heterocycles. The lowest BCUT2D eigenvalue weighted by Crippen LogP contribution is -2.55. The second-order valence-corrected chi connectivity index (χ2v) is 10.1. The van der Waals surface area contributed by atoms with Gasteiger partial charge in [0.15, 0.2) is 0 Å². The van der Waals surface area contributed by atoms with Crippen molar-refractivity contribution in [2.24, 2.45) is 5.92 Å². The van der Waals surface area contributed by atoms with Gasteiger partial charge in [-0.25, -0.2) is 4.98 Å². The van der Waals surface area contributed by atoms with Crippen LogP contribution in [0.5, 0.6) is 0 Å². The number of nitrogens with zero attached hydrogens (tertiary/aromatic N) is 2. The van der Waals surface area contributed by atoms with Crippen LogP contribution in [0.4, 0.5) is 0 Å². The topological polar surface area (TPSA) is 74.3 Å². The monoisotopic (exact) mass is 442 g/mol. The minimum atomic E-state index is -0.444. The van der Waals surface area contributed by atoms with Crippen molar-refractivity contribution in [2.45, 2.75) is 76.9 Å². The van der Waals surface area contributed by atoms with Gasteiger partial charge in [-0.3, -0.25) is 9.59 Å². The first-order valence-electron chi connectivity index (χ1n) is 11.6. The molecule has 2 amide bonds. The molecule has 0 radical (unpaired) electrons. The van der Waals surface area contributed by atoms with Gasteiger partial charge in [0.1, 0.15) is 11.0 Å². The number of amides is 2. The molecular weight excluding hydrogens is 408 g/mol. The summed E-state index contributed by atoms with van der Waals surface area (Å²) < 4.78 is 1.18. The largest absolute Gasteiger partial charge is 0.343 e. The minimum absolute atomic E-state index is 0.00835. The summed E-state index contributed by atoms with van der Waals surface area (Å²) in [6.07, 6.45) is 7.40. The van der Waals surface area contributed by atoms with Gasteiger partial charge in [0.2, 0.25) is 11.8 Å². The molecule has 0 unspecified atom stereocenters. The number of benzene rings is 1. The first-order chi connectivity index (χ1) is 15.0. The number of likely N-dealkylation sites (N-methyl/N-ethyl adjacent to an activating group) is 1. The quantitative estimate of drug-likeness (QED) is 0.711. The number of carbonyl (C=O) groups excluding carboxylic acids is 2. The molecular formula is C24H34N4O2S. The summed E-state index contributed by atoms with van der Waals surface area (Å²) >= 11 is 1.70. The molecule has 1 aliphatic carbocycles. The summed E-state index contributed by atoms with van der Waals surface area (Å²) in [4.78, 5) is 33.4. The van der Waals surface area contributed by atoms with E-state index in [1.807, 2.05) is 11.8 Å². The van der Waals surface area contributed by atoms with Crippen LogP contribution in [0.3, 0.4) is 0 Å². The summed E-state index contributed by atoms with van der Waals surface area (Å²) in [6, 6.07) is 5.50. The highest BCUT2D eigenvalue weighted by Gasteiger charge is 2.40. The molecule has 4 rings (SSSR count). The molecule has 1 aromatic heterocycles. The summed E-state index contributed by atoms with van der Waals surface area (Å²) in [5.41, 5.74) is 2.21. The molecule has 1 aromatic carbocycles. The Balaban J connectivity index is 1.59. The predicted octanol–water partition coefficient (Wildman–Crippen LogP) is 3.94. The number of hydrogen-bond donors (Lipinski definition) is 2. The third-order valence-corrected chi connectivity index (χ3v) is 8.09. The Hall–Kier alpha value is -1.99. The highest BCUT2D eigenvalue weighted by molar-refractivity contribution is 7.18. The second-order valence-electron chi connectivity index (χ2n) is 9.06. The molecule has 31 heavy (non-hydrogen) atoms. The van der Waals surface area contributed by atoms with Crippen LogP contribution in [0.25, 0.3) is 10.2 Å². The zero-order chi connectivity index (χ0) is 22.0. The standard InChI is InChI=1S/C24H34N4O2S/c1-15-9-7-13-19-20(15)27-23(31-19)18-12-8-14-28(18)24(30)21(17-10-5-4-6-11-17)26-22(29)16(2)25-3/h7,9,13,16-18,21,25H,4-6,8,10-12,14H2,1-3H3,(H,26,29)/t16-,18+,21-/m0/s1. The average Bonchev–Trinajstić information content (AvgIpc) is 3.44. The summed E-state index contributed by atoms with van der Waals surface area (Å²) in [5.74, 6) is 0.188. The van der Waals surface area contributed by atoms with Gasteiger partial charge < -0.3 is 15.5 Å². The Morgan fingerprint density at radius 3 is 2.65 bits per heavy atom. The normalized spacial score (nSPS) is 21.9. The van der Waals surface area contributed by atoms with Crippen molar-refractivity contribution in [3.8, 4) is 0 Å². The van der Waals surface area contributed by atoms with Crippen molar-refractivity contribution in [3.63, 3.8) is 0 Å². The Morgan fingerprint density at radius 2 is 1.94 bits per heavy atom. The smallest absolute Gasteiger partial charge is 0.246 e. The van der Waals surface area contributed by atoms with Crippen LogP contribution >= 0.6 is 11.3 Å². The maximum absolute atomic E-state index is 13.8. The summed E-state index contributed by atoms with van der Waals surface area (Å²) in [7, 11) is 1.77. The van der Waals surface area contributed by atoms with E-state index in [9.17, 15) is 9.59 Å². The molecule has 0 spiro atoms. The Kier molecular flexibility index (Phi) is 6.92. The third-order valence-electron chi connectivity index (χ3n) is 6.97. The van der Waals surface area contributed by atoms with E-state index in [0.29, 0.717) is 0 Å². The molecule has 2 heterocycles. The second kappa shape index (κ2) is 9.65. The molecule has 1 aliphatic heterocycles. The van der Waals surface area contributed by atoms with E-state index in [4.69, 9.17) is 4.98 Å². The van der Waals surface area contributed by atoms with E-state index >= 15 is 0 Å². The molecule has 2 fully saturated rings. The fraction of sp³-hybridized carbons (Fsp3) is 0.625. The lowest BCUT2D eigenvalue weighted by atomic mass is 9.83. The number of likely N-dealkylation sites (tertiary alicyclic amines) is 1. The molecule has 2 aliphatic rings. The van der Waals surface area contributed by atoms with Crippen molar-refractivity contribution in [3.05, 3.63) is 28.8 Å². The van der Waals surface area contributed by atoms with Gasteiger partial charge >= 0.3 is 0 Å². The SMILES string of the molecule is CN[C@@H](C)C(=O)N[C@H](C(=O)N1CCC[C@@H]1c1nc2c(C)cccc2s1)C1CCCCC1. The van der Waals surface area contributed by atoms with Crippen molar-refractivity contribution in [1.82, 2.24) is 20.5 Å². The zero-order valence-electron chi connectivity index (χ0n) is 18.8. The molecule has 0 bridgehead atoms. The predicted molar refractivity (Wildman–Crippen MR) is 125 cm³/mol. The lowest BCUT2D eigenvalue weighted by Gasteiger charge is -2.35. The Bertz CT molecular complexity index is 937. The van der Waals surface area contributed by atoms with Gasteiger partial charge in [-0.1, -0.05) is 31.4 Å². The van der Waals surface area contributed by atoms with Crippen LogP contribution in [-0.2, 0) is 9.59 Å². The van der Waals surface area contributed by atoms with Crippen LogP contribution in [-0.4, -0.2) is 47.4 Å². The van der Waals surface area contributed by atoms with Crippen molar-refractivity contribution < 1.29 is 9.59 Å². The molecule has 168 valence electrons. The number of nitrogens with one attached hydrogen (secondary N) is 2. The number of carbonyl (C=O) groups is 2. The number of aryl methyl sites for hydroxylation is 1. The van der Waals surface area contributed by atoms with E-state index in [0.717, 1.165) is 55.6 Å². The van der Waals surface area contributed by atoms with Crippen LogP contribution < -0.4 is 10.6 Å². The summed E-state index contributed by atoms with van der Waals surface area (Å²) in [6.45, 7) is 4.65. The van der Waals surface area contributed by atoms with Crippen LogP contribution in [0.1, 0.15) is 68.5 Å². The van der Waals surface area contributed by atoms with Crippen LogP contribution in [0, 0.1) is 12.8 Å². The molecule has 3 atom stereocenters. The molecule has 2 N–H and O–H groups in total. The van der Waals surface area contributed by atoms with Gasteiger partial charge in [0.05, 0.1) is 22.3 Å². The van der Waals surface area contributed by atoms with Gasteiger partial charge in [-0.2, -0.15) is 0 Å². The van der Waals surface area contributed by atoms with Gasteiger partial charge in [0, 0.05) is 6.54 Å². The Labute approximate surface area is 188 Å². The van der Waals surface area contributed by atoms with Crippen LogP contribution in [0.2, 0.25) is 0 Å². The number of thiazole rings is 1. The van der Waals surface area contributed by atoms with E-state index in [2.05, 4.69) is 35.8 Å². The van der Waals surface area contributed by atoms with E-state index < -0.39 is 6.04 Å². The highest BCUT2D eigenvalue weighted by Crippen LogP contribution is 2.38. The fourth-order valence-electron chi connectivity index (χ4n) is 4.97. The first-order valence-corrected chi connectivity index (χ1v) is 12.5. The summed E-state index contributed by atoms with van der Waals surface area (Å²) in [5, 5.41) is 7.12. The number of para-hydroxylation sites is 1. The van der Waals surface area contributed by atoms with E-state index in [1.54, 1.807) is 18.4 Å². The van der Waals surface area contributed by atoms with E-state index in [-0.39, 0.29) is 29.8 Å². The van der Waals surface area contributed by atoms with Gasteiger partial charge in [-0.05, 0) is 64.1 Å². The van der Waals surface area contributed by atoms with Crippen molar-refractivity contribution in [1.29, 1.82) is 0 Å². The van der Waals surface area contributed by atoms with Gasteiger partial charge in [0.25, 0.3) is 0 Å². The van der Waals surface area contributed by atoms with Gasteiger partial charge in [-0.15, -0.1) is 11.3 Å².